The van der Waals surface area contributed by atoms with E-state index < -0.39 is 0 Å². The van der Waals surface area contributed by atoms with E-state index in [4.69, 9.17) is 0 Å². The first-order valence-electron chi connectivity index (χ1n) is 7.77. The van der Waals surface area contributed by atoms with Gasteiger partial charge in [-0.2, -0.15) is 4.37 Å². The quantitative estimate of drug-likeness (QED) is 0.668. The normalized spacial score (nSPS) is 11.3. The largest absolute Gasteiger partial charge is 0.504 e. The Morgan fingerprint density at radius 1 is 1.36 bits per heavy atom. The summed E-state index contributed by atoms with van der Waals surface area (Å²) in [5.41, 5.74) is 1.34. The van der Waals surface area contributed by atoms with Gasteiger partial charge in [-0.15, -0.1) is 10.2 Å². The van der Waals surface area contributed by atoms with Crippen LogP contribution in [-0.2, 0) is 11.2 Å². The van der Waals surface area contributed by atoms with Crippen LogP contribution in [-0.4, -0.2) is 25.4 Å². The van der Waals surface area contributed by atoms with E-state index in [-0.39, 0.29) is 23.9 Å². The molecule has 128 valence electrons. The number of fused-ring (bicyclic) bond motifs is 1. The van der Waals surface area contributed by atoms with Gasteiger partial charge in [-0.25, -0.2) is 9.97 Å². The molecular formula is C16H16N6O2S. The molecular weight excluding hydrogens is 340 g/mol. The third-order valence-electron chi connectivity index (χ3n) is 3.49. The van der Waals surface area contributed by atoms with E-state index >= 15 is 0 Å². The summed E-state index contributed by atoms with van der Waals surface area (Å²) in [6, 6.07) is 5.22. The van der Waals surface area contributed by atoms with E-state index in [9.17, 15) is 9.90 Å². The minimum atomic E-state index is -0.241. The standard InChI is InChI=1S/C16H16N6O2S/c1-3-9-8-11(23)15(18-12(24)4-2)19-13(9)20-21-16-10-6-5-7-17-14(10)22-25-16/h5-8,23H,3-4H2,1-2H3,(H,18,19,24)/b21-20+. The molecule has 2 N–H and O–H groups in total. The molecule has 0 atom stereocenters. The second-order valence-electron chi connectivity index (χ2n) is 5.16. The fourth-order valence-corrected chi connectivity index (χ4v) is 2.78. The van der Waals surface area contributed by atoms with E-state index in [1.807, 2.05) is 19.1 Å². The summed E-state index contributed by atoms with van der Waals surface area (Å²) in [6.07, 6.45) is 2.57. The van der Waals surface area contributed by atoms with Gasteiger partial charge in [0.25, 0.3) is 0 Å². The number of anilines is 1. The van der Waals surface area contributed by atoms with E-state index in [1.54, 1.807) is 19.2 Å². The maximum atomic E-state index is 11.6. The lowest BCUT2D eigenvalue weighted by atomic mass is 10.2. The van der Waals surface area contributed by atoms with Crippen molar-refractivity contribution in [3.05, 3.63) is 30.0 Å². The number of aromatic nitrogens is 3. The molecule has 9 heteroatoms. The van der Waals surface area contributed by atoms with Crippen molar-refractivity contribution in [2.75, 3.05) is 5.32 Å². The number of aryl methyl sites for hydroxylation is 1. The Balaban J connectivity index is 1.97. The van der Waals surface area contributed by atoms with Gasteiger partial charge in [0, 0.05) is 18.2 Å². The van der Waals surface area contributed by atoms with Gasteiger partial charge in [-0.1, -0.05) is 13.8 Å². The SMILES string of the molecule is CCC(=O)Nc1nc(/N=N/c2snc3ncccc23)c(CC)cc1O. The van der Waals surface area contributed by atoms with Crippen molar-refractivity contribution in [2.24, 2.45) is 10.2 Å². The zero-order valence-electron chi connectivity index (χ0n) is 13.7. The first kappa shape index (κ1) is 16.9. The molecule has 0 aliphatic heterocycles. The monoisotopic (exact) mass is 356 g/mol. The fraction of sp³-hybridized carbons (Fsp3) is 0.250. The number of carbonyl (C=O) groups excluding carboxylic acids is 1. The van der Waals surface area contributed by atoms with Crippen LogP contribution in [0, 0.1) is 0 Å². The highest BCUT2D eigenvalue weighted by Gasteiger charge is 2.13. The summed E-state index contributed by atoms with van der Waals surface area (Å²) in [5, 5.41) is 22.4. The zero-order chi connectivity index (χ0) is 17.8. The minimum absolute atomic E-state index is 0.0776. The molecule has 0 radical (unpaired) electrons. The van der Waals surface area contributed by atoms with Crippen molar-refractivity contribution in [1.29, 1.82) is 0 Å². The molecule has 3 rings (SSSR count). The molecule has 3 heterocycles. The number of azo groups is 1. The van der Waals surface area contributed by atoms with Crippen LogP contribution in [0.25, 0.3) is 11.0 Å². The molecule has 0 fully saturated rings. The number of nitrogens with one attached hydrogen (secondary N) is 1. The van der Waals surface area contributed by atoms with Gasteiger partial charge in [-0.05, 0) is 36.2 Å². The molecule has 3 aromatic rings. The van der Waals surface area contributed by atoms with Crippen molar-refractivity contribution < 1.29 is 9.90 Å². The number of nitrogens with zero attached hydrogens (tertiary/aromatic N) is 5. The smallest absolute Gasteiger partial charge is 0.225 e. The van der Waals surface area contributed by atoms with Crippen LogP contribution in [0.2, 0.25) is 0 Å². The van der Waals surface area contributed by atoms with Crippen LogP contribution < -0.4 is 5.32 Å². The first-order valence-corrected chi connectivity index (χ1v) is 8.54. The summed E-state index contributed by atoms with van der Waals surface area (Å²) < 4.78 is 4.22. The topological polar surface area (TPSA) is 113 Å². The third-order valence-corrected chi connectivity index (χ3v) is 4.23. The van der Waals surface area contributed by atoms with Crippen LogP contribution in [0.1, 0.15) is 25.8 Å². The second kappa shape index (κ2) is 7.31. The molecule has 0 unspecified atom stereocenters. The first-order chi connectivity index (χ1) is 12.1. The predicted molar refractivity (Wildman–Crippen MR) is 95.8 cm³/mol. The van der Waals surface area contributed by atoms with E-state index in [1.165, 1.54) is 11.5 Å². The van der Waals surface area contributed by atoms with E-state index in [2.05, 4.69) is 29.9 Å². The number of pyridine rings is 2. The summed E-state index contributed by atoms with van der Waals surface area (Å²) >= 11 is 1.20. The second-order valence-corrected chi connectivity index (χ2v) is 5.91. The zero-order valence-corrected chi connectivity index (χ0v) is 14.5. The maximum absolute atomic E-state index is 11.6. The summed E-state index contributed by atoms with van der Waals surface area (Å²) in [7, 11) is 0. The molecule has 3 aromatic heterocycles. The van der Waals surface area contributed by atoms with Crippen molar-refractivity contribution in [3.8, 4) is 5.75 Å². The number of hydrogen-bond acceptors (Lipinski definition) is 8. The molecule has 0 saturated carbocycles. The van der Waals surface area contributed by atoms with Gasteiger partial charge >= 0.3 is 0 Å². The average molecular weight is 356 g/mol. The van der Waals surface area contributed by atoms with E-state index in [0.717, 1.165) is 10.9 Å². The molecule has 25 heavy (non-hydrogen) atoms. The van der Waals surface area contributed by atoms with Crippen LogP contribution in [0.3, 0.4) is 0 Å². The number of hydrogen-bond donors (Lipinski definition) is 2. The fourth-order valence-electron chi connectivity index (χ4n) is 2.13. The van der Waals surface area contributed by atoms with Gasteiger partial charge in [0.1, 0.15) is 0 Å². The Kier molecular flexibility index (Phi) is 4.94. The van der Waals surface area contributed by atoms with Gasteiger partial charge in [0.15, 0.2) is 28.0 Å². The predicted octanol–water partition coefficient (Wildman–Crippen LogP) is 4.12. The highest BCUT2D eigenvalue weighted by atomic mass is 32.1. The summed E-state index contributed by atoms with van der Waals surface area (Å²) in [4.78, 5) is 20.0. The van der Waals surface area contributed by atoms with Crippen molar-refractivity contribution in [3.63, 3.8) is 0 Å². The van der Waals surface area contributed by atoms with Crippen molar-refractivity contribution >= 4 is 45.1 Å². The highest BCUT2D eigenvalue weighted by Crippen LogP contribution is 2.33. The molecule has 0 spiro atoms. The summed E-state index contributed by atoms with van der Waals surface area (Å²) in [5.74, 6) is 0.0884. The Hall–Kier alpha value is -2.94. The molecule has 1 amide bonds. The average Bonchev–Trinajstić information content (AvgIpc) is 3.05. The van der Waals surface area contributed by atoms with Gasteiger partial charge in [0.2, 0.25) is 5.91 Å². The van der Waals surface area contributed by atoms with Crippen LogP contribution in [0.5, 0.6) is 5.75 Å². The van der Waals surface area contributed by atoms with Crippen LogP contribution >= 0.6 is 11.5 Å². The number of aromatic hydroxyl groups is 1. The molecule has 0 bridgehead atoms. The lowest BCUT2D eigenvalue weighted by molar-refractivity contribution is -0.115. The number of carbonyl (C=O) groups is 1. The molecule has 8 nitrogen and oxygen atoms in total. The Bertz CT molecular complexity index is 953. The third kappa shape index (κ3) is 3.61. The Labute approximate surface area is 147 Å². The Morgan fingerprint density at radius 2 is 2.20 bits per heavy atom. The molecule has 0 saturated heterocycles. The number of amides is 1. The van der Waals surface area contributed by atoms with E-state index in [0.29, 0.717) is 22.9 Å². The molecule has 0 aliphatic carbocycles. The maximum Gasteiger partial charge on any atom is 0.225 e. The van der Waals surface area contributed by atoms with Gasteiger partial charge < -0.3 is 10.4 Å². The lowest BCUT2D eigenvalue weighted by Gasteiger charge is -2.08. The number of rotatable bonds is 5. The van der Waals surface area contributed by atoms with Crippen LogP contribution in [0.15, 0.2) is 34.6 Å². The van der Waals surface area contributed by atoms with Gasteiger partial charge in [0.05, 0.1) is 5.39 Å². The lowest BCUT2D eigenvalue weighted by Crippen LogP contribution is -2.11. The van der Waals surface area contributed by atoms with Gasteiger partial charge in [-0.3, -0.25) is 4.79 Å². The van der Waals surface area contributed by atoms with Crippen molar-refractivity contribution in [1.82, 2.24) is 14.3 Å². The van der Waals surface area contributed by atoms with Crippen molar-refractivity contribution in [2.45, 2.75) is 26.7 Å². The summed E-state index contributed by atoms with van der Waals surface area (Å²) in [6.45, 7) is 3.64. The van der Waals surface area contributed by atoms with Crippen LogP contribution in [0.4, 0.5) is 16.6 Å². The highest BCUT2D eigenvalue weighted by molar-refractivity contribution is 7.11. The molecule has 0 aliphatic rings. The molecule has 0 aromatic carbocycles. The minimum Gasteiger partial charge on any atom is -0.504 e. The Morgan fingerprint density at radius 3 is 2.96 bits per heavy atom.